The van der Waals surface area contributed by atoms with Gasteiger partial charge in [0.1, 0.15) is 6.54 Å². The van der Waals surface area contributed by atoms with Gasteiger partial charge < -0.3 is 20.1 Å². The lowest BCUT2D eigenvalue weighted by atomic mass is 10.1. The maximum atomic E-state index is 12.2. The Morgan fingerprint density at radius 1 is 1.10 bits per heavy atom. The molecule has 31 heavy (non-hydrogen) atoms. The van der Waals surface area contributed by atoms with E-state index in [1.807, 2.05) is 0 Å². The number of carbonyl (C=O) groups excluding carboxylic acids is 2. The number of nitro groups is 1. The Kier molecular flexibility index (Phi) is 9.73. The Bertz CT molecular complexity index is 797. The van der Waals surface area contributed by atoms with Gasteiger partial charge in [-0.3, -0.25) is 19.7 Å². The van der Waals surface area contributed by atoms with Gasteiger partial charge in [0.05, 0.1) is 23.2 Å². The summed E-state index contributed by atoms with van der Waals surface area (Å²) in [7, 11) is 0. The number of hydrogen-bond donors (Lipinski definition) is 2. The molecule has 1 amide bonds. The molecule has 0 radical (unpaired) electrons. The standard InChI is InChI=1S/C21H29N3O7/c25-19(22-12-8-6-4-2-1-3-5-7-9-20(26)27)14-23-15-21(28)31-18-13-16(24(29)30)10-11-17(18)23/h10-11,13H,1-9,12,14-15H2,(H,22,25)(H,26,27). The summed E-state index contributed by atoms with van der Waals surface area (Å²) in [6.45, 7) is 0.420. The molecule has 10 heteroatoms. The van der Waals surface area contributed by atoms with Crippen molar-refractivity contribution in [1.29, 1.82) is 0 Å². The molecule has 2 N–H and O–H groups in total. The monoisotopic (exact) mass is 435 g/mol. The minimum Gasteiger partial charge on any atom is -0.481 e. The summed E-state index contributed by atoms with van der Waals surface area (Å²) >= 11 is 0. The Morgan fingerprint density at radius 3 is 2.39 bits per heavy atom. The number of amides is 1. The largest absolute Gasteiger partial charge is 0.481 e. The van der Waals surface area contributed by atoms with Gasteiger partial charge in [0, 0.05) is 19.0 Å². The van der Waals surface area contributed by atoms with Gasteiger partial charge in [0.2, 0.25) is 5.91 Å². The summed E-state index contributed by atoms with van der Waals surface area (Å²) in [5, 5.41) is 22.3. The highest BCUT2D eigenvalue weighted by atomic mass is 16.6. The number of nitro benzene ring substituents is 1. The van der Waals surface area contributed by atoms with Crippen molar-refractivity contribution in [3.63, 3.8) is 0 Å². The number of carboxylic acid groups (broad SMARTS) is 1. The fourth-order valence-corrected chi connectivity index (χ4v) is 3.42. The molecule has 0 aromatic heterocycles. The fourth-order valence-electron chi connectivity index (χ4n) is 3.42. The lowest BCUT2D eigenvalue weighted by Gasteiger charge is -2.28. The van der Waals surface area contributed by atoms with E-state index >= 15 is 0 Å². The second-order valence-corrected chi connectivity index (χ2v) is 7.56. The summed E-state index contributed by atoms with van der Waals surface area (Å²) in [5.41, 5.74) is 0.293. The second kappa shape index (κ2) is 12.5. The van der Waals surface area contributed by atoms with E-state index in [-0.39, 0.29) is 36.9 Å². The number of anilines is 1. The number of nitrogens with one attached hydrogen (secondary N) is 1. The zero-order valence-electron chi connectivity index (χ0n) is 17.5. The van der Waals surface area contributed by atoms with E-state index in [1.54, 1.807) is 4.90 Å². The van der Waals surface area contributed by atoms with Crippen molar-refractivity contribution in [1.82, 2.24) is 5.32 Å². The molecule has 0 saturated carbocycles. The Balaban J connectivity index is 1.62. The van der Waals surface area contributed by atoms with Crippen LogP contribution in [0, 0.1) is 10.1 Å². The smallest absolute Gasteiger partial charge is 0.331 e. The molecule has 0 saturated heterocycles. The van der Waals surface area contributed by atoms with Crippen molar-refractivity contribution in [3.05, 3.63) is 28.3 Å². The molecule has 1 aromatic carbocycles. The van der Waals surface area contributed by atoms with Gasteiger partial charge in [0.15, 0.2) is 5.75 Å². The van der Waals surface area contributed by atoms with E-state index in [0.717, 1.165) is 51.4 Å². The van der Waals surface area contributed by atoms with Crippen molar-refractivity contribution in [2.45, 2.75) is 57.8 Å². The molecule has 0 bridgehead atoms. The van der Waals surface area contributed by atoms with Crippen molar-refractivity contribution in [2.75, 3.05) is 24.5 Å². The number of unbranched alkanes of at least 4 members (excludes halogenated alkanes) is 7. The molecule has 1 aliphatic rings. The first-order valence-corrected chi connectivity index (χ1v) is 10.6. The lowest BCUT2D eigenvalue weighted by molar-refractivity contribution is -0.384. The highest BCUT2D eigenvalue weighted by Crippen LogP contribution is 2.34. The summed E-state index contributed by atoms with van der Waals surface area (Å²) in [5.74, 6) is -1.45. The van der Waals surface area contributed by atoms with Gasteiger partial charge >= 0.3 is 11.9 Å². The summed E-state index contributed by atoms with van der Waals surface area (Å²) in [6.07, 6.45) is 8.08. The van der Waals surface area contributed by atoms with Crippen LogP contribution in [-0.4, -0.2) is 47.5 Å². The molecule has 0 fully saturated rings. The van der Waals surface area contributed by atoms with Crippen LogP contribution in [-0.2, 0) is 14.4 Å². The van der Waals surface area contributed by atoms with Gasteiger partial charge in [-0.15, -0.1) is 0 Å². The molecular weight excluding hydrogens is 406 g/mol. The molecule has 0 atom stereocenters. The average Bonchev–Trinajstić information content (AvgIpc) is 2.71. The van der Waals surface area contributed by atoms with Crippen LogP contribution in [0.4, 0.5) is 11.4 Å². The number of ether oxygens (including phenoxy) is 1. The number of nitrogens with zero attached hydrogens (tertiary/aromatic N) is 2. The lowest BCUT2D eigenvalue weighted by Crippen LogP contribution is -2.43. The first-order valence-electron chi connectivity index (χ1n) is 10.6. The van der Waals surface area contributed by atoms with Crippen LogP contribution in [0.3, 0.4) is 0 Å². The number of hydrogen-bond acceptors (Lipinski definition) is 7. The Hall–Kier alpha value is -3.17. The van der Waals surface area contributed by atoms with Crippen LogP contribution in [0.5, 0.6) is 5.75 Å². The first kappa shape index (κ1) is 24.1. The molecule has 0 spiro atoms. The number of carboxylic acids is 1. The number of benzene rings is 1. The van der Waals surface area contributed by atoms with E-state index in [4.69, 9.17) is 9.84 Å². The third kappa shape index (κ3) is 8.61. The van der Waals surface area contributed by atoms with Crippen molar-refractivity contribution < 1.29 is 29.2 Å². The fraction of sp³-hybridized carbons (Fsp3) is 0.571. The van der Waals surface area contributed by atoms with Crippen molar-refractivity contribution in [3.8, 4) is 5.75 Å². The summed E-state index contributed by atoms with van der Waals surface area (Å²) < 4.78 is 5.07. The highest BCUT2D eigenvalue weighted by molar-refractivity contribution is 5.89. The number of aliphatic carboxylic acids is 1. The predicted octanol–water partition coefficient (Wildman–Crippen LogP) is 3.03. The third-order valence-corrected chi connectivity index (χ3v) is 5.01. The van der Waals surface area contributed by atoms with Crippen molar-refractivity contribution in [2.24, 2.45) is 0 Å². The number of carbonyl (C=O) groups is 3. The van der Waals surface area contributed by atoms with Gasteiger partial charge in [0.25, 0.3) is 5.69 Å². The van der Waals surface area contributed by atoms with E-state index in [1.165, 1.54) is 18.2 Å². The highest BCUT2D eigenvalue weighted by Gasteiger charge is 2.27. The second-order valence-electron chi connectivity index (χ2n) is 7.56. The minimum atomic E-state index is -0.740. The predicted molar refractivity (Wildman–Crippen MR) is 113 cm³/mol. The molecule has 2 rings (SSSR count). The van der Waals surface area contributed by atoms with E-state index in [2.05, 4.69) is 5.32 Å². The molecule has 170 valence electrons. The number of esters is 1. The molecule has 10 nitrogen and oxygen atoms in total. The van der Waals surface area contributed by atoms with E-state index in [9.17, 15) is 24.5 Å². The van der Waals surface area contributed by atoms with E-state index < -0.39 is 16.9 Å². The summed E-state index contributed by atoms with van der Waals surface area (Å²) in [6, 6.07) is 3.98. The molecular formula is C21H29N3O7. The van der Waals surface area contributed by atoms with Crippen molar-refractivity contribution >= 4 is 29.2 Å². The quantitative estimate of drug-likeness (QED) is 0.149. The number of rotatable bonds is 14. The molecule has 1 aromatic rings. The van der Waals surface area contributed by atoms with Crippen LogP contribution in [0.1, 0.15) is 57.8 Å². The molecule has 1 heterocycles. The van der Waals surface area contributed by atoms with Gasteiger partial charge in [-0.2, -0.15) is 0 Å². The molecule has 0 aliphatic carbocycles. The minimum absolute atomic E-state index is 0.0315. The van der Waals surface area contributed by atoms with Crippen LogP contribution >= 0.6 is 0 Å². The first-order chi connectivity index (χ1) is 14.9. The SMILES string of the molecule is O=C(O)CCCCCCCCCCNC(=O)CN1CC(=O)Oc2cc([N+](=O)[O-])ccc21. The van der Waals surface area contributed by atoms with E-state index in [0.29, 0.717) is 12.2 Å². The van der Waals surface area contributed by atoms with Crippen LogP contribution in [0.15, 0.2) is 18.2 Å². The Morgan fingerprint density at radius 2 is 1.74 bits per heavy atom. The summed E-state index contributed by atoms with van der Waals surface area (Å²) in [4.78, 5) is 46.3. The maximum absolute atomic E-state index is 12.2. The number of non-ortho nitro benzene ring substituents is 1. The van der Waals surface area contributed by atoms with Gasteiger partial charge in [-0.05, 0) is 18.9 Å². The zero-order chi connectivity index (χ0) is 22.6. The third-order valence-electron chi connectivity index (χ3n) is 5.01. The number of fused-ring (bicyclic) bond motifs is 1. The normalized spacial score (nSPS) is 12.8. The maximum Gasteiger partial charge on any atom is 0.331 e. The topological polar surface area (TPSA) is 139 Å². The van der Waals surface area contributed by atoms with Crippen LogP contribution in [0.2, 0.25) is 0 Å². The zero-order valence-corrected chi connectivity index (χ0v) is 17.5. The average molecular weight is 435 g/mol. The van der Waals surface area contributed by atoms with Crippen LogP contribution in [0.25, 0.3) is 0 Å². The van der Waals surface area contributed by atoms with Gasteiger partial charge in [-0.1, -0.05) is 38.5 Å². The molecule has 1 aliphatic heterocycles. The van der Waals surface area contributed by atoms with Crippen LogP contribution < -0.4 is 15.0 Å². The molecule has 0 unspecified atom stereocenters. The van der Waals surface area contributed by atoms with Gasteiger partial charge in [-0.25, -0.2) is 4.79 Å². The Labute approximate surface area is 180 Å².